The van der Waals surface area contributed by atoms with Crippen LogP contribution in [-0.2, 0) is 14.9 Å². The van der Waals surface area contributed by atoms with Crippen molar-refractivity contribution < 1.29 is 57.2 Å². The molecule has 0 bridgehead atoms. The zero-order valence-corrected chi connectivity index (χ0v) is 11.9. The Morgan fingerprint density at radius 3 is 2.35 bits per heavy atom. The fourth-order valence-corrected chi connectivity index (χ4v) is 1.12. The quantitative estimate of drug-likeness (QED) is 0.349. The number of carbonyl (C=O) groups excluding carboxylic acids is 1. The second kappa shape index (κ2) is 7.10. The minimum Gasteiger partial charge on any atom is -0.746 e. The van der Waals surface area contributed by atoms with Crippen molar-refractivity contribution >= 4 is 16.1 Å². The molecule has 1 rings (SSSR count). The van der Waals surface area contributed by atoms with Gasteiger partial charge in [-0.2, -0.15) is 0 Å². The molecule has 0 saturated heterocycles. The maximum atomic E-state index is 11.2. The molecule has 6 nitrogen and oxygen atoms in total. The second-order valence-electron chi connectivity index (χ2n) is 2.91. The molecule has 0 spiro atoms. The van der Waals surface area contributed by atoms with Gasteiger partial charge in [-0.3, -0.25) is 0 Å². The number of benzene rings is 1. The van der Waals surface area contributed by atoms with Crippen molar-refractivity contribution in [3.63, 3.8) is 0 Å². The molecule has 1 N–H and O–H groups in total. The van der Waals surface area contributed by atoms with E-state index in [1.165, 1.54) is 12.1 Å². The Balaban J connectivity index is 0.00000256. The van der Waals surface area contributed by atoms with Crippen LogP contribution in [0, 0.1) is 0 Å². The molecule has 8 heteroatoms. The number of ether oxygens (including phenoxy) is 1. The van der Waals surface area contributed by atoms with Crippen molar-refractivity contribution in [2.45, 2.75) is 5.44 Å². The number of hydrogen-bond acceptors (Lipinski definition) is 6. The number of esters is 1. The summed E-state index contributed by atoms with van der Waals surface area (Å²) in [6, 6.07) is 7.79. The van der Waals surface area contributed by atoms with Gasteiger partial charge in [-0.05, 0) is 12.1 Å². The van der Waals surface area contributed by atoms with Crippen LogP contribution in [0.3, 0.4) is 0 Å². The molecule has 0 heterocycles. The van der Waals surface area contributed by atoms with Crippen LogP contribution in [0.1, 0.15) is 10.4 Å². The van der Waals surface area contributed by atoms with Gasteiger partial charge in [-0.1, -0.05) is 18.2 Å². The molecule has 0 fully saturated rings. The summed E-state index contributed by atoms with van der Waals surface area (Å²) >= 11 is 0. The van der Waals surface area contributed by atoms with E-state index in [1.807, 2.05) is 0 Å². The molecule has 0 amide bonds. The van der Waals surface area contributed by atoms with Gasteiger partial charge in [0.15, 0.2) is 5.44 Å². The first-order chi connectivity index (χ1) is 7.41. The fraction of sp³-hybridized carbons (Fsp3) is 0.222. The third-order valence-electron chi connectivity index (χ3n) is 1.70. The summed E-state index contributed by atoms with van der Waals surface area (Å²) in [5.74, 6) is -0.802. The van der Waals surface area contributed by atoms with Gasteiger partial charge in [-0.15, -0.1) is 0 Å². The molecule has 0 aliphatic carbocycles. The molecule has 1 aromatic carbocycles. The summed E-state index contributed by atoms with van der Waals surface area (Å²) in [4.78, 5) is 11.2. The molecule has 1 atom stereocenters. The van der Waals surface area contributed by atoms with Crippen molar-refractivity contribution in [1.29, 1.82) is 0 Å². The van der Waals surface area contributed by atoms with E-state index in [2.05, 4.69) is 4.74 Å². The first-order valence-electron chi connectivity index (χ1n) is 4.26. The Hall–Kier alpha value is -0.440. The predicted octanol–water partition coefficient (Wildman–Crippen LogP) is -3.29. The Kier molecular flexibility index (Phi) is 6.91. The maximum absolute atomic E-state index is 11.2. The van der Waals surface area contributed by atoms with Crippen molar-refractivity contribution in [2.75, 3.05) is 6.61 Å². The minimum atomic E-state index is -4.85. The van der Waals surface area contributed by atoms with Crippen LogP contribution < -0.4 is 29.6 Å². The van der Waals surface area contributed by atoms with Gasteiger partial charge >= 0.3 is 35.5 Å². The number of hydrogen-bond donors (Lipinski definition) is 1. The van der Waals surface area contributed by atoms with Crippen molar-refractivity contribution in [1.82, 2.24) is 0 Å². The maximum Gasteiger partial charge on any atom is 1.00 e. The van der Waals surface area contributed by atoms with Gasteiger partial charge in [0.25, 0.3) is 0 Å². The summed E-state index contributed by atoms with van der Waals surface area (Å²) in [6.45, 7) is -0.875. The number of rotatable bonds is 4. The van der Waals surface area contributed by atoms with Gasteiger partial charge in [0.05, 0.1) is 5.56 Å². The third kappa shape index (κ3) is 5.62. The van der Waals surface area contributed by atoms with Crippen LogP contribution in [0.2, 0.25) is 0 Å². The van der Waals surface area contributed by atoms with Crippen molar-refractivity contribution in [3.8, 4) is 0 Å². The predicted molar refractivity (Wildman–Crippen MR) is 52.4 cm³/mol. The summed E-state index contributed by atoms with van der Waals surface area (Å²) in [6.07, 6.45) is 0. The summed E-state index contributed by atoms with van der Waals surface area (Å²) in [7, 11) is -4.85. The molecule has 0 aromatic heterocycles. The molecule has 0 aliphatic rings. The van der Waals surface area contributed by atoms with Gasteiger partial charge in [-0.25, -0.2) is 13.2 Å². The largest absolute Gasteiger partial charge is 1.00 e. The number of carbonyl (C=O) groups is 1. The van der Waals surface area contributed by atoms with E-state index in [-0.39, 0.29) is 35.1 Å². The smallest absolute Gasteiger partial charge is 0.746 e. The standard InChI is InChI=1S/C9H10O6S.Na/c10-8(16(12,13)14)6-15-9(11)7-4-2-1-3-5-7;/h1-5,8,10H,6H2,(H,12,13,14);/q;+1/p-1. The summed E-state index contributed by atoms with van der Waals surface area (Å²) < 4.78 is 35.3. The van der Waals surface area contributed by atoms with E-state index in [0.29, 0.717) is 0 Å². The molecular formula is C9H9NaO6S. The average molecular weight is 268 g/mol. The van der Waals surface area contributed by atoms with Crippen molar-refractivity contribution in [3.05, 3.63) is 35.9 Å². The Bertz CT molecular complexity index is 458. The molecule has 0 aliphatic heterocycles. The van der Waals surface area contributed by atoms with Crippen LogP contribution >= 0.6 is 0 Å². The van der Waals surface area contributed by atoms with Gasteiger partial charge in [0, 0.05) is 0 Å². The number of aliphatic hydroxyl groups excluding tert-OH is 1. The molecule has 17 heavy (non-hydrogen) atoms. The van der Waals surface area contributed by atoms with E-state index in [0.717, 1.165) is 0 Å². The number of aliphatic hydroxyl groups is 1. The summed E-state index contributed by atoms with van der Waals surface area (Å²) in [5, 5.41) is 8.80. The zero-order chi connectivity index (χ0) is 12.2. The average Bonchev–Trinajstić information content (AvgIpc) is 2.25. The van der Waals surface area contributed by atoms with Crippen LogP contribution in [-0.4, -0.2) is 36.1 Å². The van der Waals surface area contributed by atoms with Crippen LogP contribution in [0.5, 0.6) is 0 Å². The Labute approximate surface area is 121 Å². The normalized spacial score (nSPS) is 12.4. The van der Waals surface area contributed by atoms with Crippen LogP contribution in [0.4, 0.5) is 0 Å². The summed E-state index contributed by atoms with van der Waals surface area (Å²) in [5.41, 5.74) is -2.03. The van der Waals surface area contributed by atoms with Crippen LogP contribution in [0.25, 0.3) is 0 Å². The Morgan fingerprint density at radius 1 is 1.35 bits per heavy atom. The second-order valence-corrected chi connectivity index (χ2v) is 4.44. The van der Waals surface area contributed by atoms with E-state index in [1.54, 1.807) is 18.2 Å². The Morgan fingerprint density at radius 2 is 1.88 bits per heavy atom. The first kappa shape index (κ1) is 16.6. The molecule has 1 aromatic rings. The third-order valence-corrected chi connectivity index (χ3v) is 2.50. The molecule has 88 valence electrons. The molecular weight excluding hydrogens is 259 g/mol. The van der Waals surface area contributed by atoms with E-state index < -0.39 is 28.1 Å². The SMILES string of the molecule is O=C(OCC(O)S(=O)(=O)[O-])c1ccccc1.[Na+]. The van der Waals surface area contributed by atoms with Crippen molar-refractivity contribution in [2.24, 2.45) is 0 Å². The molecule has 0 radical (unpaired) electrons. The monoisotopic (exact) mass is 268 g/mol. The van der Waals surface area contributed by atoms with Gasteiger partial charge in [0.2, 0.25) is 0 Å². The van der Waals surface area contributed by atoms with E-state index in [9.17, 15) is 17.8 Å². The van der Waals surface area contributed by atoms with E-state index >= 15 is 0 Å². The van der Waals surface area contributed by atoms with Gasteiger partial charge in [0.1, 0.15) is 16.7 Å². The van der Waals surface area contributed by atoms with Gasteiger partial charge < -0.3 is 14.4 Å². The fourth-order valence-electron chi connectivity index (χ4n) is 0.888. The topological polar surface area (TPSA) is 104 Å². The van der Waals surface area contributed by atoms with E-state index in [4.69, 9.17) is 5.11 Å². The minimum absolute atomic E-state index is 0. The first-order valence-corrected chi connectivity index (χ1v) is 5.73. The van der Waals surface area contributed by atoms with Crippen LogP contribution in [0.15, 0.2) is 30.3 Å². The molecule has 0 saturated carbocycles. The zero-order valence-electron chi connectivity index (χ0n) is 9.07. The molecule has 1 unspecified atom stereocenters.